The maximum Gasteiger partial charge on any atom is 0.352 e. The van der Waals surface area contributed by atoms with Gasteiger partial charge in [0.05, 0.1) is 0 Å². The van der Waals surface area contributed by atoms with Gasteiger partial charge in [-0.25, -0.2) is 4.79 Å². The highest BCUT2D eigenvalue weighted by Gasteiger charge is 2.16. The quantitative estimate of drug-likeness (QED) is 0.661. The lowest BCUT2D eigenvalue weighted by Gasteiger charge is -1.99. The van der Waals surface area contributed by atoms with Crippen molar-refractivity contribution in [2.24, 2.45) is 0 Å². The minimum absolute atomic E-state index is 0.255. The average Bonchev–Trinajstić information content (AvgIpc) is 2.82. The SMILES string of the molecule is O=C(O)c1cc2c3c(ccc2[nH]1)NCC3. The van der Waals surface area contributed by atoms with E-state index in [9.17, 15) is 4.79 Å². The number of aromatic nitrogens is 1. The topological polar surface area (TPSA) is 65.1 Å². The number of carboxylic acids is 1. The second-order valence-electron chi connectivity index (χ2n) is 3.72. The molecule has 0 fully saturated rings. The Morgan fingerprint density at radius 1 is 1.40 bits per heavy atom. The molecule has 1 aromatic carbocycles. The van der Waals surface area contributed by atoms with E-state index in [-0.39, 0.29) is 5.69 Å². The molecule has 0 radical (unpaired) electrons. The Labute approximate surface area is 85.9 Å². The number of hydrogen-bond acceptors (Lipinski definition) is 2. The molecule has 1 aliphatic rings. The van der Waals surface area contributed by atoms with E-state index in [1.807, 2.05) is 12.1 Å². The van der Waals surface area contributed by atoms with Crippen LogP contribution in [0.1, 0.15) is 16.1 Å². The van der Waals surface area contributed by atoms with Crippen LogP contribution in [0.2, 0.25) is 0 Å². The van der Waals surface area contributed by atoms with Crippen LogP contribution in [0.4, 0.5) is 5.69 Å². The van der Waals surface area contributed by atoms with Crippen molar-refractivity contribution in [2.75, 3.05) is 11.9 Å². The zero-order valence-electron chi connectivity index (χ0n) is 8.00. The molecule has 0 unspecified atom stereocenters. The van der Waals surface area contributed by atoms with E-state index in [0.29, 0.717) is 0 Å². The molecule has 3 N–H and O–H groups in total. The number of carbonyl (C=O) groups is 1. The summed E-state index contributed by atoms with van der Waals surface area (Å²) in [6.07, 6.45) is 0.962. The molecule has 15 heavy (non-hydrogen) atoms. The Balaban J connectivity index is 2.31. The molecule has 0 bridgehead atoms. The van der Waals surface area contributed by atoms with Gasteiger partial charge in [0.25, 0.3) is 0 Å². The molecule has 1 aromatic heterocycles. The van der Waals surface area contributed by atoms with Crippen LogP contribution in [-0.2, 0) is 6.42 Å². The molecule has 1 aliphatic heterocycles. The number of hydrogen-bond donors (Lipinski definition) is 3. The predicted molar refractivity (Wildman–Crippen MR) is 57.5 cm³/mol. The van der Waals surface area contributed by atoms with E-state index in [1.165, 1.54) is 5.56 Å². The molecule has 3 rings (SSSR count). The van der Waals surface area contributed by atoms with Gasteiger partial charge in [-0.15, -0.1) is 0 Å². The molecular weight excluding hydrogens is 192 g/mol. The van der Waals surface area contributed by atoms with Crippen LogP contribution in [0.15, 0.2) is 18.2 Å². The smallest absolute Gasteiger partial charge is 0.352 e. The van der Waals surface area contributed by atoms with Gasteiger partial charge in [0.15, 0.2) is 0 Å². The van der Waals surface area contributed by atoms with Gasteiger partial charge in [0.1, 0.15) is 5.69 Å². The number of rotatable bonds is 1. The first-order valence-corrected chi connectivity index (χ1v) is 4.87. The van der Waals surface area contributed by atoms with Crippen molar-refractivity contribution in [2.45, 2.75) is 6.42 Å². The molecule has 76 valence electrons. The fraction of sp³-hybridized carbons (Fsp3) is 0.182. The molecular formula is C11H10N2O2. The van der Waals surface area contributed by atoms with Gasteiger partial charge in [-0.1, -0.05) is 0 Å². The molecule has 2 aromatic rings. The molecule has 0 spiro atoms. The number of anilines is 1. The maximum absolute atomic E-state index is 10.8. The monoisotopic (exact) mass is 202 g/mol. The Bertz CT molecular complexity index is 557. The first kappa shape index (κ1) is 8.35. The van der Waals surface area contributed by atoms with Crippen LogP contribution < -0.4 is 5.32 Å². The lowest BCUT2D eigenvalue weighted by molar-refractivity contribution is 0.0691. The normalized spacial score (nSPS) is 13.9. The van der Waals surface area contributed by atoms with Crippen molar-refractivity contribution < 1.29 is 9.90 Å². The maximum atomic E-state index is 10.8. The third kappa shape index (κ3) is 1.11. The number of nitrogens with one attached hydrogen (secondary N) is 2. The van der Waals surface area contributed by atoms with Gasteiger partial charge in [-0.05, 0) is 30.2 Å². The summed E-state index contributed by atoms with van der Waals surface area (Å²) in [5.74, 6) is -0.911. The highest BCUT2D eigenvalue weighted by molar-refractivity contribution is 5.97. The van der Waals surface area contributed by atoms with Crippen molar-refractivity contribution in [3.63, 3.8) is 0 Å². The lowest BCUT2D eigenvalue weighted by Crippen LogP contribution is -1.94. The Morgan fingerprint density at radius 2 is 2.27 bits per heavy atom. The number of benzene rings is 1. The van der Waals surface area contributed by atoms with E-state index in [2.05, 4.69) is 10.3 Å². The van der Waals surface area contributed by atoms with E-state index in [4.69, 9.17) is 5.11 Å². The largest absolute Gasteiger partial charge is 0.477 e. The van der Waals surface area contributed by atoms with Crippen LogP contribution in [0.25, 0.3) is 10.9 Å². The predicted octanol–water partition coefficient (Wildman–Crippen LogP) is 1.83. The van der Waals surface area contributed by atoms with Crippen molar-refractivity contribution >= 4 is 22.6 Å². The van der Waals surface area contributed by atoms with Crippen molar-refractivity contribution in [1.29, 1.82) is 0 Å². The van der Waals surface area contributed by atoms with Gasteiger partial charge in [0, 0.05) is 23.1 Å². The van der Waals surface area contributed by atoms with Gasteiger partial charge in [-0.3, -0.25) is 0 Å². The number of aromatic carboxylic acids is 1. The second kappa shape index (κ2) is 2.76. The highest BCUT2D eigenvalue weighted by Crippen LogP contribution is 2.30. The van der Waals surface area contributed by atoms with Crippen LogP contribution in [0, 0.1) is 0 Å². The fourth-order valence-corrected chi connectivity index (χ4v) is 2.14. The summed E-state index contributed by atoms with van der Waals surface area (Å²) in [5.41, 5.74) is 3.50. The Hall–Kier alpha value is -1.97. The number of aromatic amines is 1. The summed E-state index contributed by atoms with van der Waals surface area (Å²) in [5, 5.41) is 13.2. The highest BCUT2D eigenvalue weighted by atomic mass is 16.4. The first-order valence-electron chi connectivity index (χ1n) is 4.87. The van der Waals surface area contributed by atoms with Crippen LogP contribution in [0.5, 0.6) is 0 Å². The molecule has 2 heterocycles. The lowest BCUT2D eigenvalue weighted by atomic mass is 10.1. The van der Waals surface area contributed by atoms with Crippen molar-refractivity contribution in [1.82, 2.24) is 4.98 Å². The number of H-pyrrole nitrogens is 1. The van der Waals surface area contributed by atoms with E-state index in [0.717, 1.165) is 29.6 Å². The summed E-state index contributed by atoms with van der Waals surface area (Å²) < 4.78 is 0. The number of carboxylic acid groups (broad SMARTS) is 1. The molecule has 0 saturated heterocycles. The van der Waals surface area contributed by atoms with Crippen LogP contribution in [0.3, 0.4) is 0 Å². The Kier molecular flexibility index (Phi) is 1.54. The minimum atomic E-state index is -0.911. The van der Waals surface area contributed by atoms with E-state index >= 15 is 0 Å². The minimum Gasteiger partial charge on any atom is -0.477 e. The van der Waals surface area contributed by atoms with E-state index < -0.39 is 5.97 Å². The third-order valence-corrected chi connectivity index (χ3v) is 2.84. The molecule has 0 aliphatic carbocycles. The van der Waals surface area contributed by atoms with Gasteiger partial charge in [0.2, 0.25) is 0 Å². The van der Waals surface area contributed by atoms with E-state index in [1.54, 1.807) is 6.07 Å². The molecule has 4 heteroatoms. The van der Waals surface area contributed by atoms with Crippen molar-refractivity contribution in [3.05, 3.63) is 29.5 Å². The zero-order valence-corrected chi connectivity index (χ0v) is 8.00. The van der Waals surface area contributed by atoms with Gasteiger partial charge in [-0.2, -0.15) is 0 Å². The molecule has 4 nitrogen and oxygen atoms in total. The van der Waals surface area contributed by atoms with Crippen molar-refractivity contribution in [3.8, 4) is 0 Å². The summed E-state index contributed by atoms with van der Waals surface area (Å²) in [6.45, 7) is 0.933. The standard InChI is InChI=1S/C11H10N2O2/c14-11(15)10-5-7-6-3-4-12-8(6)1-2-9(7)13-10/h1-2,5,12-13H,3-4H2,(H,14,15). The second-order valence-corrected chi connectivity index (χ2v) is 3.72. The van der Waals surface area contributed by atoms with Crippen LogP contribution >= 0.6 is 0 Å². The average molecular weight is 202 g/mol. The molecule has 0 amide bonds. The summed E-state index contributed by atoms with van der Waals surface area (Å²) in [6, 6.07) is 5.62. The van der Waals surface area contributed by atoms with Gasteiger partial charge >= 0.3 is 5.97 Å². The summed E-state index contributed by atoms with van der Waals surface area (Å²) >= 11 is 0. The van der Waals surface area contributed by atoms with Crippen LogP contribution in [-0.4, -0.2) is 22.6 Å². The zero-order chi connectivity index (χ0) is 10.4. The molecule has 0 saturated carbocycles. The number of fused-ring (bicyclic) bond motifs is 3. The first-order chi connectivity index (χ1) is 7.25. The van der Waals surface area contributed by atoms with Gasteiger partial charge < -0.3 is 15.4 Å². The summed E-state index contributed by atoms with van der Waals surface area (Å²) in [7, 11) is 0. The molecule has 0 atom stereocenters. The summed E-state index contributed by atoms with van der Waals surface area (Å²) in [4.78, 5) is 13.7. The Morgan fingerprint density at radius 3 is 3.07 bits per heavy atom. The fourth-order valence-electron chi connectivity index (χ4n) is 2.14. The third-order valence-electron chi connectivity index (χ3n) is 2.84.